The van der Waals surface area contributed by atoms with Crippen molar-refractivity contribution in [2.75, 3.05) is 5.32 Å². The summed E-state index contributed by atoms with van der Waals surface area (Å²) in [6.45, 7) is 0. The number of anilines is 1. The van der Waals surface area contributed by atoms with Gasteiger partial charge >= 0.3 is 0 Å². The van der Waals surface area contributed by atoms with Gasteiger partial charge in [0.1, 0.15) is 5.52 Å². The fourth-order valence-electron chi connectivity index (χ4n) is 2.59. The quantitative estimate of drug-likeness (QED) is 0.315. The molecule has 0 radical (unpaired) electrons. The summed E-state index contributed by atoms with van der Waals surface area (Å²) in [5, 5.41) is 3.59. The number of aromatic nitrogens is 1. The summed E-state index contributed by atoms with van der Waals surface area (Å²) >= 11 is 14.3. The van der Waals surface area contributed by atoms with Crippen LogP contribution in [0.15, 0.2) is 65.1 Å². The van der Waals surface area contributed by atoms with Crippen molar-refractivity contribution in [3.63, 3.8) is 0 Å². The zero-order chi connectivity index (χ0) is 19.0. The lowest BCUT2D eigenvalue weighted by Gasteiger charge is -2.07. The molecule has 4 nitrogen and oxygen atoms in total. The van der Waals surface area contributed by atoms with E-state index in [2.05, 4.69) is 32.9 Å². The zero-order valence-electron chi connectivity index (χ0n) is 13.7. The van der Waals surface area contributed by atoms with Crippen molar-refractivity contribution in [1.82, 2.24) is 4.98 Å². The molecule has 1 amide bonds. The van der Waals surface area contributed by atoms with Crippen molar-refractivity contribution >= 4 is 68.5 Å². The van der Waals surface area contributed by atoms with Gasteiger partial charge in [-0.3, -0.25) is 4.79 Å². The van der Waals surface area contributed by atoms with Crippen molar-refractivity contribution in [1.29, 1.82) is 0 Å². The molecule has 0 aliphatic rings. The van der Waals surface area contributed by atoms with E-state index in [1.54, 1.807) is 30.3 Å². The number of nitrogens with one attached hydrogen (secondary N) is 1. The van der Waals surface area contributed by atoms with E-state index in [9.17, 15) is 4.79 Å². The minimum absolute atomic E-state index is 0.309. The van der Waals surface area contributed by atoms with Crippen LogP contribution in [-0.4, -0.2) is 10.9 Å². The Kier molecular flexibility index (Phi) is 5.08. The van der Waals surface area contributed by atoms with E-state index < -0.39 is 0 Å². The number of carbonyl (C=O) groups is 1. The maximum atomic E-state index is 12.5. The highest BCUT2D eigenvalue weighted by Crippen LogP contribution is 2.27. The second-order valence-corrected chi connectivity index (χ2v) is 7.88. The summed E-state index contributed by atoms with van der Waals surface area (Å²) in [5.74, 6) is 0.186. The molecule has 134 valence electrons. The Labute approximate surface area is 178 Å². The molecule has 4 aromatic rings. The number of oxazole rings is 1. The summed E-state index contributed by atoms with van der Waals surface area (Å²) in [5.41, 5.74) is 3.08. The molecule has 1 N–H and O–H groups in total. The van der Waals surface area contributed by atoms with Gasteiger partial charge in [-0.2, -0.15) is 0 Å². The zero-order valence-corrected chi connectivity index (χ0v) is 17.3. The highest BCUT2D eigenvalue weighted by atomic mass is 127. The van der Waals surface area contributed by atoms with Crippen LogP contribution in [0.2, 0.25) is 10.0 Å². The summed E-state index contributed by atoms with van der Waals surface area (Å²) in [4.78, 5) is 17.0. The van der Waals surface area contributed by atoms with Crippen LogP contribution in [0.25, 0.3) is 22.6 Å². The Hall–Kier alpha value is -2.09. The third-order valence-electron chi connectivity index (χ3n) is 3.91. The van der Waals surface area contributed by atoms with Crippen LogP contribution in [0.4, 0.5) is 5.69 Å². The Balaban J connectivity index is 1.62. The van der Waals surface area contributed by atoms with Crippen molar-refractivity contribution in [3.8, 4) is 11.5 Å². The minimum atomic E-state index is -0.344. The first-order valence-electron chi connectivity index (χ1n) is 7.92. The van der Waals surface area contributed by atoms with Crippen molar-refractivity contribution in [2.24, 2.45) is 0 Å². The van der Waals surface area contributed by atoms with Crippen LogP contribution in [0.1, 0.15) is 10.4 Å². The van der Waals surface area contributed by atoms with Gasteiger partial charge in [-0.25, -0.2) is 4.98 Å². The topological polar surface area (TPSA) is 55.1 Å². The molecule has 0 saturated carbocycles. The lowest BCUT2D eigenvalue weighted by atomic mass is 10.2. The summed E-state index contributed by atoms with van der Waals surface area (Å²) in [6, 6.07) is 17.9. The van der Waals surface area contributed by atoms with Crippen molar-refractivity contribution < 1.29 is 9.21 Å². The highest BCUT2D eigenvalue weighted by Gasteiger charge is 2.13. The van der Waals surface area contributed by atoms with Crippen molar-refractivity contribution in [2.45, 2.75) is 0 Å². The number of carbonyl (C=O) groups excluding carboxylic acids is 1. The third kappa shape index (κ3) is 3.95. The fraction of sp³-hybridized carbons (Fsp3) is 0. The van der Waals surface area contributed by atoms with E-state index in [0.29, 0.717) is 38.3 Å². The molecule has 0 saturated heterocycles. The first-order chi connectivity index (χ1) is 13.0. The predicted octanol–water partition coefficient (Wildman–Crippen LogP) is 6.66. The third-order valence-corrected chi connectivity index (χ3v) is 5.19. The molecule has 7 heteroatoms. The van der Waals surface area contributed by atoms with Crippen LogP contribution >= 0.6 is 45.8 Å². The van der Waals surface area contributed by atoms with Crippen LogP contribution in [0.5, 0.6) is 0 Å². The molecule has 27 heavy (non-hydrogen) atoms. The van der Waals surface area contributed by atoms with E-state index >= 15 is 0 Å². The van der Waals surface area contributed by atoms with Gasteiger partial charge in [0.05, 0.1) is 10.6 Å². The van der Waals surface area contributed by atoms with Crippen molar-refractivity contribution in [3.05, 3.63) is 79.8 Å². The van der Waals surface area contributed by atoms with E-state index in [4.69, 9.17) is 27.6 Å². The van der Waals surface area contributed by atoms with Gasteiger partial charge in [0, 0.05) is 19.8 Å². The molecule has 0 atom stereocenters. The number of amides is 1. The van der Waals surface area contributed by atoms with Crippen LogP contribution < -0.4 is 5.32 Å². The summed E-state index contributed by atoms with van der Waals surface area (Å²) in [7, 11) is 0. The molecular formula is C20H11Cl2IN2O2. The fourth-order valence-corrected chi connectivity index (χ4v) is 3.33. The highest BCUT2D eigenvalue weighted by molar-refractivity contribution is 14.1. The minimum Gasteiger partial charge on any atom is -0.436 e. The van der Waals surface area contributed by atoms with Gasteiger partial charge in [-0.05, 0) is 83.3 Å². The normalized spacial score (nSPS) is 10.9. The number of nitrogens with zero attached hydrogens (tertiary/aromatic N) is 1. The molecule has 1 heterocycles. The molecular weight excluding hydrogens is 498 g/mol. The van der Waals surface area contributed by atoms with Gasteiger partial charge in [-0.1, -0.05) is 23.2 Å². The van der Waals surface area contributed by atoms with Crippen LogP contribution in [0.3, 0.4) is 0 Å². The average Bonchev–Trinajstić information content (AvgIpc) is 3.07. The first kappa shape index (κ1) is 18.3. The summed E-state index contributed by atoms with van der Waals surface area (Å²) < 4.78 is 6.94. The van der Waals surface area contributed by atoms with Gasteiger partial charge < -0.3 is 9.73 Å². The molecule has 4 rings (SSSR count). The Morgan fingerprint density at radius 3 is 2.56 bits per heavy atom. The molecule has 0 unspecified atom stereocenters. The van der Waals surface area contributed by atoms with E-state index in [1.165, 1.54) is 6.07 Å². The van der Waals surface area contributed by atoms with E-state index in [0.717, 1.165) is 9.13 Å². The standard InChI is InChI=1S/C20H11Cl2IN2O2/c21-12-3-7-16(22)15(9-12)19(26)24-14-6-8-18-17(10-14)25-20(27-18)11-1-4-13(23)5-2-11/h1-10H,(H,24,26). The first-order valence-corrected chi connectivity index (χ1v) is 9.76. The Bertz CT molecular complexity index is 1160. The molecule has 3 aromatic carbocycles. The molecule has 0 bridgehead atoms. The lowest BCUT2D eigenvalue weighted by molar-refractivity contribution is 0.102. The molecule has 0 aliphatic carbocycles. The summed E-state index contributed by atoms with van der Waals surface area (Å²) in [6.07, 6.45) is 0. The molecule has 0 fully saturated rings. The predicted molar refractivity (Wildman–Crippen MR) is 117 cm³/mol. The number of hydrogen-bond acceptors (Lipinski definition) is 3. The van der Waals surface area contributed by atoms with Crippen LogP contribution in [-0.2, 0) is 0 Å². The second kappa shape index (κ2) is 7.50. The van der Waals surface area contributed by atoms with Gasteiger partial charge in [-0.15, -0.1) is 0 Å². The van der Waals surface area contributed by atoms with E-state index in [-0.39, 0.29) is 5.91 Å². The SMILES string of the molecule is O=C(Nc1ccc2oc(-c3ccc(I)cc3)nc2c1)c1cc(Cl)ccc1Cl. The molecule has 1 aromatic heterocycles. The number of rotatable bonds is 3. The lowest BCUT2D eigenvalue weighted by Crippen LogP contribution is -2.12. The number of hydrogen-bond donors (Lipinski definition) is 1. The second-order valence-electron chi connectivity index (χ2n) is 5.79. The van der Waals surface area contributed by atoms with Gasteiger partial charge in [0.15, 0.2) is 5.58 Å². The maximum absolute atomic E-state index is 12.5. The van der Waals surface area contributed by atoms with E-state index in [1.807, 2.05) is 24.3 Å². The largest absolute Gasteiger partial charge is 0.436 e. The smallest absolute Gasteiger partial charge is 0.257 e. The Morgan fingerprint density at radius 2 is 1.78 bits per heavy atom. The maximum Gasteiger partial charge on any atom is 0.257 e. The average molecular weight is 509 g/mol. The molecule has 0 spiro atoms. The number of fused-ring (bicyclic) bond motifs is 1. The van der Waals surface area contributed by atoms with Crippen LogP contribution in [0, 0.1) is 3.57 Å². The van der Waals surface area contributed by atoms with Gasteiger partial charge in [0.2, 0.25) is 5.89 Å². The molecule has 0 aliphatic heterocycles. The van der Waals surface area contributed by atoms with Gasteiger partial charge in [0.25, 0.3) is 5.91 Å². The number of halogens is 3. The Morgan fingerprint density at radius 1 is 1.00 bits per heavy atom. The number of benzene rings is 3. The monoisotopic (exact) mass is 508 g/mol.